The molecular formula is C8H12ClIN2. The molecule has 1 aromatic rings. The molecule has 0 bridgehead atoms. The van der Waals surface area contributed by atoms with E-state index in [9.17, 15) is 0 Å². The van der Waals surface area contributed by atoms with Crippen LogP contribution in [0.5, 0.6) is 0 Å². The SMILES string of the molecule is Cc1nn(C(C)(C)C)c(I)c1Cl. The Bertz CT molecular complexity index is 299. The largest absolute Gasteiger partial charge is 0.252 e. The monoisotopic (exact) mass is 298 g/mol. The third-order valence-electron chi connectivity index (χ3n) is 1.57. The van der Waals surface area contributed by atoms with Crippen LogP contribution in [0.25, 0.3) is 0 Å². The van der Waals surface area contributed by atoms with Crippen molar-refractivity contribution in [2.45, 2.75) is 33.2 Å². The average molecular weight is 299 g/mol. The molecule has 0 aliphatic carbocycles. The van der Waals surface area contributed by atoms with Gasteiger partial charge in [0.15, 0.2) is 0 Å². The predicted octanol–water partition coefficient (Wildman–Crippen LogP) is 3.20. The number of halogens is 2. The number of aryl methyl sites for hydroxylation is 1. The summed E-state index contributed by atoms with van der Waals surface area (Å²) >= 11 is 8.23. The Balaban J connectivity index is 3.28. The maximum Gasteiger partial charge on any atom is 0.118 e. The van der Waals surface area contributed by atoms with Crippen LogP contribution in [0.3, 0.4) is 0 Å². The van der Waals surface area contributed by atoms with E-state index in [1.807, 2.05) is 11.6 Å². The maximum absolute atomic E-state index is 6.01. The minimum absolute atomic E-state index is 0.00836. The second-order valence-electron chi connectivity index (χ2n) is 3.77. The van der Waals surface area contributed by atoms with Crippen molar-refractivity contribution in [1.82, 2.24) is 9.78 Å². The van der Waals surface area contributed by atoms with Crippen LogP contribution in [0.15, 0.2) is 0 Å². The first-order valence-electron chi connectivity index (χ1n) is 3.75. The predicted molar refractivity (Wildman–Crippen MR) is 59.7 cm³/mol. The molecule has 0 aliphatic rings. The van der Waals surface area contributed by atoms with Crippen molar-refractivity contribution in [2.75, 3.05) is 0 Å². The second kappa shape index (κ2) is 3.18. The number of nitrogens with zero attached hydrogens (tertiary/aromatic N) is 2. The summed E-state index contributed by atoms with van der Waals surface area (Å²) < 4.78 is 2.96. The number of hydrogen-bond acceptors (Lipinski definition) is 1. The second-order valence-corrected chi connectivity index (χ2v) is 5.17. The van der Waals surface area contributed by atoms with Gasteiger partial charge in [-0.1, -0.05) is 11.6 Å². The summed E-state index contributed by atoms with van der Waals surface area (Å²) in [6.45, 7) is 8.25. The number of hydrogen-bond donors (Lipinski definition) is 0. The maximum atomic E-state index is 6.01. The van der Waals surface area contributed by atoms with E-state index in [0.29, 0.717) is 0 Å². The summed E-state index contributed by atoms with van der Waals surface area (Å²) in [5.41, 5.74) is 0.907. The fourth-order valence-electron chi connectivity index (χ4n) is 0.925. The highest BCUT2D eigenvalue weighted by Gasteiger charge is 2.20. The quantitative estimate of drug-likeness (QED) is 0.673. The summed E-state index contributed by atoms with van der Waals surface area (Å²) in [4.78, 5) is 0. The van der Waals surface area contributed by atoms with Crippen LogP contribution < -0.4 is 0 Å². The minimum atomic E-state index is 0.00836. The van der Waals surface area contributed by atoms with Crippen molar-refractivity contribution in [2.24, 2.45) is 0 Å². The van der Waals surface area contributed by atoms with E-state index < -0.39 is 0 Å². The summed E-state index contributed by atoms with van der Waals surface area (Å²) in [6.07, 6.45) is 0. The van der Waals surface area contributed by atoms with Crippen molar-refractivity contribution < 1.29 is 0 Å². The van der Waals surface area contributed by atoms with E-state index in [0.717, 1.165) is 14.4 Å². The summed E-state index contributed by atoms with van der Waals surface area (Å²) in [5.74, 6) is 0. The Morgan fingerprint density at radius 2 is 1.92 bits per heavy atom. The molecule has 0 aliphatic heterocycles. The third-order valence-corrected chi connectivity index (χ3v) is 3.34. The van der Waals surface area contributed by atoms with Gasteiger partial charge in [-0.25, -0.2) is 0 Å². The molecule has 12 heavy (non-hydrogen) atoms. The normalized spacial score (nSPS) is 12.2. The van der Waals surface area contributed by atoms with Crippen molar-refractivity contribution in [1.29, 1.82) is 0 Å². The lowest BCUT2D eigenvalue weighted by Gasteiger charge is -2.20. The zero-order valence-electron chi connectivity index (χ0n) is 7.65. The van der Waals surface area contributed by atoms with Gasteiger partial charge in [0.1, 0.15) is 3.70 Å². The Hall–Kier alpha value is 0.230. The molecule has 0 saturated carbocycles. The highest BCUT2D eigenvalue weighted by atomic mass is 127. The number of aromatic nitrogens is 2. The standard InChI is InChI=1S/C8H12ClIN2/c1-5-6(9)7(10)12(11-5)8(2,3)4/h1-4H3. The first-order valence-corrected chi connectivity index (χ1v) is 5.21. The summed E-state index contributed by atoms with van der Waals surface area (Å²) in [6, 6.07) is 0. The first-order chi connectivity index (χ1) is 5.34. The molecule has 0 N–H and O–H groups in total. The van der Waals surface area contributed by atoms with Gasteiger partial charge in [-0.05, 0) is 50.3 Å². The van der Waals surface area contributed by atoms with E-state index >= 15 is 0 Å². The van der Waals surface area contributed by atoms with Gasteiger partial charge >= 0.3 is 0 Å². The van der Waals surface area contributed by atoms with Crippen LogP contribution in [0.4, 0.5) is 0 Å². The van der Waals surface area contributed by atoms with Gasteiger partial charge < -0.3 is 0 Å². The van der Waals surface area contributed by atoms with Gasteiger partial charge in [-0.3, -0.25) is 4.68 Å². The molecule has 4 heteroatoms. The van der Waals surface area contributed by atoms with E-state index in [-0.39, 0.29) is 5.54 Å². The van der Waals surface area contributed by atoms with Crippen LogP contribution in [0, 0.1) is 10.6 Å². The smallest absolute Gasteiger partial charge is 0.118 e. The molecule has 0 unspecified atom stereocenters. The van der Waals surface area contributed by atoms with Crippen molar-refractivity contribution >= 4 is 34.2 Å². The van der Waals surface area contributed by atoms with Gasteiger partial charge in [-0.15, -0.1) is 0 Å². The Morgan fingerprint density at radius 1 is 1.42 bits per heavy atom. The molecule has 0 spiro atoms. The molecule has 0 amide bonds. The van der Waals surface area contributed by atoms with Crippen LogP contribution in [0.2, 0.25) is 5.02 Å². The molecule has 2 nitrogen and oxygen atoms in total. The Morgan fingerprint density at radius 3 is 2.08 bits per heavy atom. The number of rotatable bonds is 0. The van der Waals surface area contributed by atoms with Gasteiger partial charge in [0, 0.05) is 0 Å². The van der Waals surface area contributed by atoms with Gasteiger partial charge in [0.05, 0.1) is 16.3 Å². The lowest BCUT2D eigenvalue weighted by atomic mass is 10.1. The van der Waals surface area contributed by atoms with Crippen LogP contribution >= 0.6 is 34.2 Å². The molecule has 1 heterocycles. The molecule has 0 aromatic carbocycles. The first kappa shape index (κ1) is 10.3. The van der Waals surface area contributed by atoms with E-state index in [2.05, 4.69) is 48.5 Å². The van der Waals surface area contributed by atoms with Gasteiger partial charge in [0.2, 0.25) is 0 Å². The Labute approximate surface area is 91.4 Å². The fraction of sp³-hybridized carbons (Fsp3) is 0.625. The van der Waals surface area contributed by atoms with E-state index in [4.69, 9.17) is 11.6 Å². The van der Waals surface area contributed by atoms with Crippen molar-refractivity contribution in [3.05, 3.63) is 14.4 Å². The van der Waals surface area contributed by atoms with Crippen LogP contribution in [-0.2, 0) is 5.54 Å². The topological polar surface area (TPSA) is 17.8 Å². The molecule has 0 saturated heterocycles. The van der Waals surface area contributed by atoms with Crippen LogP contribution in [0.1, 0.15) is 26.5 Å². The van der Waals surface area contributed by atoms with Crippen molar-refractivity contribution in [3.8, 4) is 0 Å². The zero-order valence-corrected chi connectivity index (χ0v) is 10.6. The zero-order chi connectivity index (χ0) is 9.52. The lowest BCUT2D eigenvalue weighted by Crippen LogP contribution is -2.24. The van der Waals surface area contributed by atoms with E-state index in [1.54, 1.807) is 0 Å². The minimum Gasteiger partial charge on any atom is -0.252 e. The summed E-state index contributed by atoms with van der Waals surface area (Å²) in [7, 11) is 0. The molecule has 0 fully saturated rings. The molecule has 68 valence electrons. The van der Waals surface area contributed by atoms with Crippen LogP contribution in [-0.4, -0.2) is 9.78 Å². The molecule has 1 rings (SSSR count). The summed E-state index contributed by atoms with van der Waals surface area (Å²) in [5, 5.41) is 5.13. The highest BCUT2D eigenvalue weighted by Crippen LogP contribution is 2.26. The van der Waals surface area contributed by atoms with Crippen molar-refractivity contribution in [3.63, 3.8) is 0 Å². The lowest BCUT2D eigenvalue weighted by molar-refractivity contribution is 0.346. The highest BCUT2D eigenvalue weighted by molar-refractivity contribution is 14.1. The molecule has 1 aromatic heterocycles. The fourth-order valence-corrected chi connectivity index (χ4v) is 2.26. The van der Waals surface area contributed by atoms with Gasteiger partial charge in [0.25, 0.3) is 0 Å². The molecular weight excluding hydrogens is 286 g/mol. The average Bonchev–Trinajstić information content (AvgIpc) is 2.15. The molecule has 0 atom stereocenters. The van der Waals surface area contributed by atoms with E-state index in [1.165, 1.54) is 0 Å². The van der Waals surface area contributed by atoms with Gasteiger partial charge in [-0.2, -0.15) is 5.10 Å². The molecule has 0 radical (unpaired) electrons. The third kappa shape index (κ3) is 1.76. The Kier molecular flexibility index (Phi) is 2.73.